The molecule has 2 atom stereocenters. The second-order valence-corrected chi connectivity index (χ2v) is 5.06. The average molecular weight is 277 g/mol. The lowest BCUT2D eigenvalue weighted by atomic mass is 10.1. The zero-order valence-electron chi connectivity index (χ0n) is 11.0. The lowest BCUT2D eigenvalue weighted by Crippen LogP contribution is -2.14. The number of nitrogens with zero attached hydrogens (tertiary/aromatic N) is 2. The normalized spacial score (nSPS) is 22.1. The summed E-state index contributed by atoms with van der Waals surface area (Å²) in [5, 5.41) is 3.88. The van der Waals surface area contributed by atoms with E-state index in [9.17, 15) is 4.39 Å². The van der Waals surface area contributed by atoms with E-state index < -0.39 is 0 Å². The Morgan fingerprint density at radius 3 is 3.05 bits per heavy atom. The molecular weight excluding hydrogens is 261 g/mol. The fourth-order valence-electron chi connectivity index (χ4n) is 2.44. The number of hydrogen-bond acceptors (Lipinski definition) is 5. The van der Waals surface area contributed by atoms with Gasteiger partial charge in [0.25, 0.3) is 0 Å². The van der Waals surface area contributed by atoms with Crippen molar-refractivity contribution in [2.75, 3.05) is 0 Å². The standard InChI is InChI=1S/C14H16FN3O2/c15-10-2-1-3-12(7-10)19-8-13-17-14(20-18-13)9-4-5-11(16)6-9/h1-3,7,9,11H,4-6,8,16H2. The molecule has 1 saturated carbocycles. The third kappa shape index (κ3) is 2.96. The SMILES string of the molecule is NC1CCC(c2nc(COc3cccc(F)c3)no2)C1. The van der Waals surface area contributed by atoms with Gasteiger partial charge < -0.3 is 15.0 Å². The van der Waals surface area contributed by atoms with Gasteiger partial charge in [-0.2, -0.15) is 4.98 Å². The van der Waals surface area contributed by atoms with Crippen molar-refractivity contribution >= 4 is 0 Å². The van der Waals surface area contributed by atoms with Gasteiger partial charge >= 0.3 is 0 Å². The van der Waals surface area contributed by atoms with Crippen LogP contribution in [0.3, 0.4) is 0 Å². The van der Waals surface area contributed by atoms with E-state index in [1.54, 1.807) is 12.1 Å². The Labute approximate surface area is 115 Å². The van der Waals surface area contributed by atoms with Gasteiger partial charge in [-0.3, -0.25) is 0 Å². The molecular formula is C14H16FN3O2. The first kappa shape index (κ1) is 13.1. The van der Waals surface area contributed by atoms with Gasteiger partial charge in [0.2, 0.25) is 11.7 Å². The highest BCUT2D eigenvalue weighted by Gasteiger charge is 2.27. The van der Waals surface area contributed by atoms with Crippen LogP contribution in [0.5, 0.6) is 5.75 Å². The summed E-state index contributed by atoms with van der Waals surface area (Å²) in [6.45, 7) is 0.158. The molecule has 1 aromatic carbocycles. The molecule has 0 amide bonds. The molecule has 1 aliphatic rings. The van der Waals surface area contributed by atoms with Gasteiger partial charge in [0.1, 0.15) is 11.6 Å². The smallest absolute Gasteiger partial charge is 0.229 e. The minimum absolute atomic E-state index is 0.158. The van der Waals surface area contributed by atoms with E-state index in [0.29, 0.717) is 17.5 Å². The van der Waals surface area contributed by atoms with Gasteiger partial charge in [0.15, 0.2) is 6.61 Å². The lowest BCUT2D eigenvalue weighted by Gasteiger charge is -2.03. The molecule has 1 heterocycles. The highest BCUT2D eigenvalue weighted by Crippen LogP contribution is 2.32. The van der Waals surface area contributed by atoms with Crippen molar-refractivity contribution < 1.29 is 13.7 Å². The van der Waals surface area contributed by atoms with Crippen LogP contribution < -0.4 is 10.5 Å². The summed E-state index contributed by atoms with van der Waals surface area (Å²) in [7, 11) is 0. The molecule has 0 aliphatic heterocycles. The zero-order chi connectivity index (χ0) is 13.9. The molecule has 5 nitrogen and oxygen atoms in total. The van der Waals surface area contributed by atoms with Gasteiger partial charge in [0, 0.05) is 18.0 Å². The molecule has 2 unspecified atom stereocenters. The summed E-state index contributed by atoms with van der Waals surface area (Å²) in [6, 6.07) is 6.17. The summed E-state index contributed by atoms with van der Waals surface area (Å²) >= 11 is 0. The first-order chi connectivity index (χ1) is 9.70. The second kappa shape index (κ2) is 5.58. The second-order valence-electron chi connectivity index (χ2n) is 5.06. The molecule has 20 heavy (non-hydrogen) atoms. The number of hydrogen-bond donors (Lipinski definition) is 1. The van der Waals surface area contributed by atoms with Crippen molar-refractivity contribution in [2.24, 2.45) is 5.73 Å². The Hall–Kier alpha value is -1.95. The van der Waals surface area contributed by atoms with Crippen molar-refractivity contribution in [1.82, 2.24) is 10.1 Å². The molecule has 1 aliphatic carbocycles. The van der Waals surface area contributed by atoms with Crippen LogP contribution in [0.1, 0.15) is 36.9 Å². The number of nitrogens with two attached hydrogens (primary N) is 1. The molecule has 1 aromatic heterocycles. The number of halogens is 1. The van der Waals surface area contributed by atoms with Crippen LogP contribution in [0.25, 0.3) is 0 Å². The van der Waals surface area contributed by atoms with E-state index in [2.05, 4.69) is 10.1 Å². The predicted octanol–water partition coefficient (Wildman–Crippen LogP) is 2.38. The van der Waals surface area contributed by atoms with E-state index in [1.807, 2.05) is 0 Å². The van der Waals surface area contributed by atoms with E-state index in [-0.39, 0.29) is 24.4 Å². The Kier molecular flexibility index (Phi) is 3.64. The topological polar surface area (TPSA) is 74.2 Å². The first-order valence-corrected chi connectivity index (χ1v) is 6.67. The molecule has 1 fully saturated rings. The molecule has 2 N–H and O–H groups in total. The number of aromatic nitrogens is 2. The Bertz CT molecular complexity index is 587. The van der Waals surface area contributed by atoms with E-state index in [0.717, 1.165) is 19.3 Å². The van der Waals surface area contributed by atoms with Crippen LogP contribution in [0.2, 0.25) is 0 Å². The van der Waals surface area contributed by atoms with Gasteiger partial charge in [-0.15, -0.1) is 0 Å². The molecule has 2 aromatic rings. The van der Waals surface area contributed by atoms with Gasteiger partial charge in [-0.1, -0.05) is 11.2 Å². The zero-order valence-corrected chi connectivity index (χ0v) is 11.0. The van der Waals surface area contributed by atoms with Crippen LogP contribution in [0.4, 0.5) is 4.39 Å². The minimum atomic E-state index is -0.337. The van der Waals surface area contributed by atoms with Crippen molar-refractivity contribution in [2.45, 2.75) is 37.8 Å². The van der Waals surface area contributed by atoms with Gasteiger partial charge in [0.05, 0.1) is 0 Å². The van der Waals surface area contributed by atoms with Crippen LogP contribution in [-0.4, -0.2) is 16.2 Å². The highest BCUT2D eigenvalue weighted by molar-refractivity contribution is 5.22. The number of ether oxygens (including phenoxy) is 1. The molecule has 0 saturated heterocycles. The van der Waals surface area contributed by atoms with E-state index in [1.165, 1.54) is 12.1 Å². The summed E-state index contributed by atoms with van der Waals surface area (Å²) in [6.07, 6.45) is 2.85. The fraction of sp³-hybridized carbons (Fsp3) is 0.429. The summed E-state index contributed by atoms with van der Waals surface area (Å²) in [5.41, 5.74) is 5.87. The number of rotatable bonds is 4. The highest BCUT2D eigenvalue weighted by atomic mass is 19.1. The third-order valence-corrected chi connectivity index (χ3v) is 3.47. The summed E-state index contributed by atoms with van der Waals surface area (Å²) in [4.78, 5) is 4.31. The molecule has 0 bridgehead atoms. The van der Waals surface area contributed by atoms with Crippen LogP contribution in [0.15, 0.2) is 28.8 Å². The predicted molar refractivity (Wildman–Crippen MR) is 69.6 cm³/mol. The van der Waals surface area contributed by atoms with Crippen molar-refractivity contribution in [3.63, 3.8) is 0 Å². The fourth-order valence-corrected chi connectivity index (χ4v) is 2.44. The van der Waals surface area contributed by atoms with Crippen LogP contribution in [-0.2, 0) is 6.61 Å². The van der Waals surface area contributed by atoms with Gasteiger partial charge in [-0.25, -0.2) is 4.39 Å². The molecule has 3 rings (SSSR count). The maximum absolute atomic E-state index is 13.0. The largest absolute Gasteiger partial charge is 0.485 e. The minimum Gasteiger partial charge on any atom is -0.485 e. The number of benzene rings is 1. The maximum atomic E-state index is 13.0. The Morgan fingerprint density at radius 2 is 2.30 bits per heavy atom. The molecule has 0 radical (unpaired) electrons. The monoisotopic (exact) mass is 277 g/mol. The van der Waals surface area contributed by atoms with Crippen LogP contribution >= 0.6 is 0 Å². The first-order valence-electron chi connectivity index (χ1n) is 6.67. The summed E-state index contributed by atoms with van der Waals surface area (Å²) < 4.78 is 23.7. The van der Waals surface area contributed by atoms with Crippen molar-refractivity contribution in [3.05, 3.63) is 41.8 Å². The van der Waals surface area contributed by atoms with Crippen LogP contribution in [0, 0.1) is 5.82 Å². The quantitative estimate of drug-likeness (QED) is 0.928. The Morgan fingerprint density at radius 1 is 1.40 bits per heavy atom. The third-order valence-electron chi connectivity index (χ3n) is 3.47. The van der Waals surface area contributed by atoms with E-state index >= 15 is 0 Å². The molecule has 0 spiro atoms. The maximum Gasteiger partial charge on any atom is 0.229 e. The summed E-state index contributed by atoms with van der Waals surface area (Å²) in [5.74, 6) is 1.44. The Balaban J connectivity index is 1.60. The molecule has 6 heteroatoms. The average Bonchev–Trinajstić information content (AvgIpc) is 3.05. The van der Waals surface area contributed by atoms with Crippen molar-refractivity contribution in [3.8, 4) is 5.75 Å². The van der Waals surface area contributed by atoms with Gasteiger partial charge in [-0.05, 0) is 31.4 Å². The molecule has 106 valence electrons. The van der Waals surface area contributed by atoms with E-state index in [4.69, 9.17) is 15.0 Å². The lowest BCUT2D eigenvalue weighted by molar-refractivity contribution is 0.282. The van der Waals surface area contributed by atoms with Crippen molar-refractivity contribution in [1.29, 1.82) is 0 Å².